The Morgan fingerprint density at radius 3 is 2.64 bits per heavy atom. The molecule has 1 aromatic carbocycles. The van der Waals surface area contributed by atoms with Crippen molar-refractivity contribution >= 4 is 12.6 Å². The quantitative estimate of drug-likeness (QED) is 0.772. The van der Waals surface area contributed by atoms with E-state index in [1.165, 1.54) is 12.7 Å². The standard InChI is InChI=1S/C19H16F3N2O3P/c1-28(26,11-3-4-11)19-15-14(16(21)17(22)18(15)25)13(8-24-19)27-12-5-2-10(20)6-9(12)7-23/h2,5-6,8,11,16-18,25H,3-4H2,1H3/t16-,17-,18+,28?/m1/s1. The molecule has 0 spiro atoms. The molecule has 1 fully saturated rings. The van der Waals surface area contributed by atoms with Crippen LogP contribution in [0.3, 0.4) is 0 Å². The molecular formula is C19H16F3N2O3P. The zero-order valence-corrected chi connectivity index (χ0v) is 15.7. The number of ether oxygens (including phenoxy) is 1. The van der Waals surface area contributed by atoms with Crippen LogP contribution in [0.1, 0.15) is 41.8 Å². The second-order valence-electron chi connectivity index (χ2n) is 7.14. The van der Waals surface area contributed by atoms with E-state index >= 15 is 0 Å². The van der Waals surface area contributed by atoms with E-state index in [2.05, 4.69) is 4.98 Å². The van der Waals surface area contributed by atoms with Crippen LogP contribution >= 0.6 is 7.14 Å². The fourth-order valence-corrected chi connectivity index (χ4v) is 6.04. The molecule has 1 aromatic heterocycles. The number of nitrogens with zero attached hydrogens (tertiary/aromatic N) is 2. The van der Waals surface area contributed by atoms with Gasteiger partial charge in [0.05, 0.1) is 11.8 Å². The van der Waals surface area contributed by atoms with E-state index in [-0.39, 0.29) is 39.3 Å². The van der Waals surface area contributed by atoms with Crippen molar-refractivity contribution in [2.45, 2.75) is 36.9 Å². The largest absolute Gasteiger partial charge is 0.454 e. The Kier molecular flexibility index (Phi) is 4.48. The second-order valence-corrected chi connectivity index (χ2v) is 10.3. The number of aromatic nitrogens is 1. The van der Waals surface area contributed by atoms with Crippen LogP contribution in [0.4, 0.5) is 13.2 Å². The highest BCUT2D eigenvalue weighted by molar-refractivity contribution is 7.71. The van der Waals surface area contributed by atoms with Gasteiger partial charge in [0, 0.05) is 16.8 Å². The minimum absolute atomic E-state index is 0.0206. The number of hydrogen-bond donors (Lipinski definition) is 1. The van der Waals surface area contributed by atoms with Gasteiger partial charge >= 0.3 is 0 Å². The van der Waals surface area contributed by atoms with Crippen molar-refractivity contribution < 1.29 is 27.6 Å². The molecular weight excluding hydrogens is 392 g/mol. The molecule has 4 rings (SSSR count). The highest BCUT2D eigenvalue weighted by Crippen LogP contribution is 2.60. The summed E-state index contributed by atoms with van der Waals surface area (Å²) in [5.74, 6) is -0.919. The Labute approximate surface area is 159 Å². The normalized spacial score (nSPS) is 25.6. The van der Waals surface area contributed by atoms with Gasteiger partial charge in [-0.3, -0.25) is 0 Å². The Hall–Kier alpha value is -2.36. The third-order valence-corrected chi connectivity index (χ3v) is 8.31. The van der Waals surface area contributed by atoms with Crippen LogP contribution in [0.15, 0.2) is 24.4 Å². The van der Waals surface area contributed by atoms with Gasteiger partial charge in [-0.05, 0) is 37.7 Å². The first-order chi connectivity index (χ1) is 13.3. The lowest BCUT2D eigenvalue weighted by molar-refractivity contribution is 0.0469. The maximum atomic E-state index is 14.7. The number of alkyl halides is 2. The molecule has 5 nitrogen and oxygen atoms in total. The summed E-state index contributed by atoms with van der Waals surface area (Å²) >= 11 is 0. The van der Waals surface area contributed by atoms with E-state index in [0.29, 0.717) is 0 Å². The minimum atomic E-state index is -3.02. The maximum Gasteiger partial charge on any atom is 0.165 e. The summed E-state index contributed by atoms with van der Waals surface area (Å²) in [6.45, 7) is 1.51. The third-order valence-electron chi connectivity index (χ3n) is 5.20. The molecule has 0 aliphatic heterocycles. The monoisotopic (exact) mass is 408 g/mol. The van der Waals surface area contributed by atoms with Gasteiger partial charge in [-0.1, -0.05) is 0 Å². The fraction of sp³-hybridized carbons (Fsp3) is 0.368. The molecule has 1 N–H and O–H groups in total. The first kappa shape index (κ1) is 19.0. The summed E-state index contributed by atoms with van der Waals surface area (Å²) in [6.07, 6.45) is -3.67. The summed E-state index contributed by atoms with van der Waals surface area (Å²) in [6, 6.07) is 4.96. The summed E-state index contributed by atoms with van der Waals surface area (Å²) < 4.78 is 61.0. The van der Waals surface area contributed by atoms with Crippen LogP contribution < -0.4 is 10.2 Å². The Morgan fingerprint density at radius 1 is 1.29 bits per heavy atom. The number of aliphatic hydroxyl groups excluding tert-OH is 1. The number of benzene rings is 1. The van der Waals surface area contributed by atoms with Crippen LogP contribution in [0, 0.1) is 17.1 Å². The van der Waals surface area contributed by atoms with E-state index < -0.39 is 31.4 Å². The lowest BCUT2D eigenvalue weighted by Crippen LogP contribution is -2.21. The number of pyridine rings is 1. The first-order valence-corrected chi connectivity index (χ1v) is 10.9. The summed E-state index contributed by atoms with van der Waals surface area (Å²) in [7, 11) is -3.02. The summed E-state index contributed by atoms with van der Waals surface area (Å²) in [4.78, 5) is 4.13. The molecule has 9 heteroatoms. The van der Waals surface area contributed by atoms with Gasteiger partial charge in [0.15, 0.2) is 18.1 Å². The molecule has 0 amide bonds. The minimum Gasteiger partial charge on any atom is -0.454 e. The zero-order chi connectivity index (χ0) is 20.2. The second kappa shape index (κ2) is 6.61. The molecule has 1 saturated carbocycles. The predicted molar refractivity (Wildman–Crippen MR) is 95.3 cm³/mol. The number of aliphatic hydroxyl groups is 1. The average molecular weight is 408 g/mol. The third kappa shape index (κ3) is 2.90. The van der Waals surface area contributed by atoms with Gasteiger partial charge in [0.25, 0.3) is 0 Å². The van der Waals surface area contributed by atoms with Crippen molar-refractivity contribution in [2.24, 2.45) is 0 Å². The van der Waals surface area contributed by atoms with Crippen molar-refractivity contribution in [1.29, 1.82) is 5.26 Å². The van der Waals surface area contributed by atoms with Crippen LogP contribution in [0.5, 0.6) is 11.5 Å². The van der Waals surface area contributed by atoms with Gasteiger partial charge in [0.1, 0.15) is 36.3 Å². The van der Waals surface area contributed by atoms with Crippen LogP contribution in [-0.2, 0) is 4.57 Å². The number of hydrogen-bond acceptors (Lipinski definition) is 5. The van der Waals surface area contributed by atoms with Gasteiger partial charge in [-0.2, -0.15) is 5.26 Å². The van der Waals surface area contributed by atoms with Crippen molar-refractivity contribution in [3.63, 3.8) is 0 Å². The summed E-state index contributed by atoms with van der Waals surface area (Å²) in [5.41, 5.74) is -0.631. The van der Waals surface area contributed by atoms with E-state index in [1.807, 2.05) is 0 Å². The predicted octanol–water partition coefficient (Wildman–Crippen LogP) is 4.06. The molecule has 4 atom stereocenters. The van der Waals surface area contributed by atoms with Crippen LogP contribution in [0.2, 0.25) is 0 Å². The average Bonchev–Trinajstić information content (AvgIpc) is 3.50. The Balaban J connectivity index is 1.85. The van der Waals surface area contributed by atoms with E-state index in [1.54, 1.807) is 6.07 Å². The van der Waals surface area contributed by atoms with Gasteiger partial charge in [0.2, 0.25) is 0 Å². The number of rotatable bonds is 4. The molecule has 0 bridgehead atoms. The highest BCUT2D eigenvalue weighted by atomic mass is 31.2. The Morgan fingerprint density at radius 2 is 2.00 bits per heavy atom. The Bertz CT molecular complexity index is 1050. The summed E-state index contributed by atoms with van der Waals surface area (Å²) in [5, 5.41) is 19.4. The van der Waals surface area contributed by atoms with Crippen molar-refractivity contribution in [2.75, 3.05) is 6.66 Å². The fourth-order valence-electron chi connectivity index (χ4n) is 3.54. The highest BCUT2D eigenvalue weighted by Gasteiger charge is 2.50. The van der Waals surface area contributed by atoms with E-state index in [9.17, 15) is 22.8 Å². The molecule has 28 heavy (non-hydrogen) atoms. The molecule has 2 aromatic rings. The van der Waals surface area contributed by atoms with E-state index in [0.717, 1.165) is 31.2 Å². The molecule has 2 aliphatic carbocycles. The molecule has 1 unspecified atom stereocenters. The van der Waals surface area contributed by atoms with Crippen LogP contribution in [0.25, 0.3) is 0 Å². The topological polar surface area (TPSA) is 83.2 Å². The molecule has 1 heterocycles. The smallest absolute Gasteiger partial charge is 0.165 e. The van der Waals surface area contributed by atoms with Crippen LogP contribution in [-0.4, -0.2) is 28.6 Å². The van der Waals surface area contributed by atoms with Gasteiger partial charge in [-0.15, -0.1) is 0 Å². The SMILES string of the molecule is CP(=O)(c1ncc(Oc2ccc(F)cc2C#N)c2c1[C@H](O)[C@H](F)[C@@H]2F)C1CC1. The van der Waals surface area contributed by atoms with E-state index in [4.69, 9.17) is 10.00 Å². The molecule has 0 radical (unpaired) electrons. The van der Waals surface area contributed by atoms with Crippen molar-refractivity contribution in [3.05, 3.63) is 46.9 Å². The lowest BCUT2D eigenvalue weighted by atomic mass is 10.1. The van der Waals surface area contributed by atoms with Gasteiger partial charge < -0.3 is 14.4 Å². The lowest BCUT2D eigenvalue weighted by Gasteiger charge is -2.19. The maximum absolute atomic E-state index is 14.7. The number of nitriles is 1. The zero-order valence-electron chi connectivity index (χ0n) is 14.8. The first-order valence-electron chi connectivity index (χ1n) is 8.70. The van der Waals surface area contributed by atoms with Gasteiger partial charge in [-0.25, -0.2) is 18.2 Å². The van der Waals surface area contributed by atoms with Crippen molar-refractivity contribution in [1.82, 2.24) is 4.98 Å². The molecule has 0 saturated heterocycles. The molecule has 146 valence electrons. The number of fused-ring (bicyclic) bond motifs is 1. The molecule has 2 aliphatic rings. The van der Waals surface area contributed by atoms with Crippen molar-refractivity contribution in [3.8, 4) is 17.6 Å². The number of halogens is 3.